The molecule has 0 saturated heterocycles. The van der Waals surface area contributed by atoms with Gasteiger partial charge in [-0.2, -0.15) is 0 Å². The molecule has 0 unspecified atom stereocenters. The zero-order valence-corrected chi connectivity index (χ0v) is 11.3. The van der Waals surface area contributed by atoms with Crippen molar-refractivity contribution in [2.75, 3.05) is 0 Å². The van der Waals surface area contributed by atoms with Gasteiger partial charge in [0.05, 0.1) is 5.56 Å². The molecule has 0 aliphatic rings. The predicted octanol–water partition coefficient (Wildman–Crippen LogP) is 3.03. The van der Waals surface area contributed by atoms with Gasteiger partial charge < -0.3 is 20.3 Å². The first-order chi connectivity index (χ1) is 10.6. The van der Waals surface area contributed by atoms with Gasteiger partial charge in [-0.05, 0) is 18.2 Å². The van der Waals surface area contributed by atoms with Crippen LogP contribution in [0, 0.1) is 0 Å². The van der Waals surface area contributed by atoms with Gasteiger partial charge in [-0.3, -0.25) is 4.99 Å². The summed E-state index contributed by atoms with van der Waals surface area (Å²) in [5.74, 6) is -1.69. The van der Waals surface area contributed by atoms with E-state index in [1.165, 1.54) is 24.4 Å². The Bertz CT molecular complexity index is 896. The van der Waals surface area contributed by atoms with E-state index in [1.807, 2.05) is 24.3 Å². The Hall–Kier alpha value is -3.28. The molecule has 6 heteroatoms. The topological polar surface area (TPSA) is 106 Å². The molecular formula is C16H12N2O4. The third kappa shape index (κ3) is 2.26. The van der Waals surface area contributed by atoms with Crippen molar-refractivity contribution in [1.29, 1.82) is 0 Å². The highest BCUT2D eigenvalue weighted by atomic mass is 16.4. The van der Waals surface area contributed by atoms with E-state index in [2.05, 4.69) is 9.98 Å². The molecule has 2 aromatic carbocycles. The number of nitrogens with zero attached hydrogens (tertiary/aromatic N) is 1. The number of carboxylic acids is 1. The summed E-state index contributed by atoms with van der Waals surface area (Å²) < 4.78 is 0. The molecule has 0 aliphatic carbocycles. The standard InChI is InChI=1S/C16H12N2O4/c19-14-10(16(21)22)5-3-7-13(14)17-8-11-9-4-1-2-6-12(9)18-15(11)20/h1-8,18-20H,(H,21,22). The number of hydrogen-bond acceptors (Lipinski definition) is 4. The molecule has 22 heavy (non-hydrogen) atoms. The number of benzene rings is 2. The smallest absolute Gasteiger partial charge is 0.339 e. The third-order valence-electron chi connectivity index (χ3n) is 3.30. The van der Waals surface area contributed by atoms with Gasteiger partial charge in [0.25, 0.3) is 0 Å². The summed E-state index contributed by atoms with van der Waals surface area (Å²) in [5.41, 5.74) is 1.11. The molecule has 1 heterocycles. The molecular weight excluding hydrogens is 284 g/mol. The highest BCUT2D eigenvalue weighted by Crippen LogP contribution is 2.31. The first kappa shape index (κ1) is 13.7. The number of rotatable bonds is 3. The molecule has 1 aromatic heterocycles. The van der Waals surface area contributed by atoms with E-state index < -0.39 is 11.7 Å². The fraction of sp³-hybridized carbons (Fsp3) is 0. The number of H-pyrrole nitrogens is 1. The minimum Gasteiger partial charge on any atom is -0.505 e. The van der Waals surface area contributed by atoms with Crippen molar-refractivity contribution in [1.82, 2.24) is 4.98 Å². The van der Waals surface area contributed by atoms with Crippen LogP contribution in [-0.4, -0.2) is 32.5 Å². The lowest BCUT2D eigenvalue weighted by atomic mass is 10.1. The Morgan fingerprint density at radius 2 is 1.86 bits per heavy atom. The molecule has 6 nitrogen and oxygen atoms in total. The number of hydrogen-bond donors (Lipinski definition) is 4. The second-order valence-corrected chi connectivity index (χ2v) is 4.67. The summed E-state index contributed by atoms with van der Waals surface area (Å²) in [7, 11) is 0. The van der Waals surface area contributed by atoms with Gasteiger partial charge in [0.2, 0.25) is 0 Å². The van der Waals surface area contributed by atoms with Crippen molar-refractivity contribution in [2.24, 2.45) is 4.99 Å². The number of aliphatic imine (C=N–C) groups is 1. The van der Waals surface area contributed by atoms with Crippen molar-refractivity contribution in [3.63, 3.8) is 0 Å². The maximum absolute atomic E-state index is 11.0. The number of carboxylic acid groups (broad SMARTS) is 1. The first-order valence-corrected chi connectivity index (χ1v) is 6.47. The van der Waals surface area contributed by atoms with E-state index in [-0.39, 0.29) is 17.1 Å². The van der Waals surface area contributed by atoms with Gasteiger partial charge in [0.1, 0.15) is 11.3 Å². The van der Waals surface area contributed by atoms with E-state index in [0.29, 0.717) is 5.56 Å². The van der Waals surface area contributed by atoms with Gasteiger partial charge in [-0.1, -0.05) is 24.3 Å². The van der Waals surface area contributed by atoms with E-state index in [4.69, 9.17) is 5.11 Å². The number of aromatic hydroxyl groups is 2. The van der Waals surface area contributed by atoms with Gasteiger partial charge in [-0.15, -0.1) is 0 Å². The Labute approximate surface area is 125 Å². The maximum atomic E-state index is 11.0. The second kappa shape index (κ2) is 5.25. The van der Waals surface area contributed by atoms with Crippen LogP contribution < -0.4 is 0 Å². The highest BCUT2D eigenvalue weighted by Gasteiger charge is 2.13. The van der Waals surface area contributed by atoms with Gasteiger partial charge in [0.15, 0.2) is 11.6 Å². The van der Waals surface area contributed by atoms with Crippen LogP contribution >= 0.6 is 0 Å². The molecule has 0 spiro atoms. The van der Waals surface area contributed by atoms with E-state index in [0.717, 1.165) is 10.9 Å². The average molecular weight is 296 g/mol. The Kier molecular flexibility index (Phi) is 3.27. The van der Waals surface area contributed by atoms with E-state index in [9.17, 15) is 15.0 Å². The highest BCUT2D eigenvalue weighted by molar-refractivity contribution is 6.03. The quantitative estimate of drug-likeness (QED) is 0.557. The zero-order valence-electron chi connectivity index (χ0n) is 11.3. The molecule has 3 aromatic rings. The normalized spacial score (nSPS) is 11.3. The van der Waals surface area contributed by atoms with Gasteiger partial charge in [-0.25, -0.2) is 4.79 Å². The summed E-state index contributed by atoms with van der Waals surface area (Å²) in [6.07, 6.45) is 1.38. The Balaban J connectivity index is 2.06. The number of phenols is 1. The van der Waals surface area contributed by atoms with Crippen LogP contribution in [0.4, 0.5) is 5.69 Å². The van der Waals surface area contributed by atoms with Crippen molar-refractivity contribution in [3.8, 4) is 11.6 Å². The summed E-state index contributed by atoms with van der Waals surface area (Å²) in [5, 5.41) is 29.6. The lowest BCUT2D eigenvalue weighted by Crippen LogP contribution is -1.96. The molecule has 110 valence electrons. The molecule has 0 bridgehead atoms. The summed E-state index contributed by atoms with van der Waals surface area (Å²) in [4.78, 5) is 17.9. The zero-order chi connectivity index (χ0) is 15.7. The Morgan fingerprint density at radius 1 is 1.09 bits per heavy atom. The molecule has 4 N–H and O–H groups in total. The molecule has 0 fully saturated rings. The fourth-order valence-corrected chi connectivity index (χ4v) is 2.22. The number of aromatic carboxylic acids is 1. The number of aromatic amines is 1. The molecule has 0 amide bonds. The Morgan fingerprint density at radius 3 is 2.64 bits per heavy atom. The number of aromatic nitrogens is 1. The lowest BCUT2D eigenvalue weighted by Gasteiger charge is -2.02. The van der Waals surface area contributed by atoms with Crippen LogP contribution in [0.3, 0.4) is 0 Å². The van der Waals surface area contributed by atoms with Crippen LogP contribution in [-0.2, 0) is 0 Å². The average Bonchev–Trinajstić information content (AvgIpc) is 2.81. The van der Waals surface area contributed by atoms with Gasteiger partial charge >= 0.3 is 5.97 Å². The molecule has 0 atom stereocenters. The van der Waals surface area contributed by atoms with Crippen molar-refractivity contribution in [2.45, 2.75) is 0 Å². The third-order valence-corrected chi connectivity index (χ3v) is 3.30. The second-order valence-electron chi connectivity index (χ2n) is 4.67. The van der Waals surface area contributed by atoms with Gasteiger partial charge in [0, 0.05) is 17.1 Å². The fourth-order valence-electron chi connectivity index (χ4n) is 2.22. The SMILES string of the molecule is O=C(O)c1cccc(N=Cc2c(O)[nH]c3ccccc23)c1O. The number of carbonyl (C=O) groups is 1. The number of para-hydroxylation sites is 2. The van der Waals surface area contributed by atoms with Crippen molar-refractivity contribution >= 4 is 28.8 Å². The molecule has 0 saturated carbocycles. The van der Waals surface area contributed by atoms with Crippen LogP contribution in [0.15, 0.2) is 47.5 Å². The number of nitrogens with one attached hydrogen (secondary N) is 1. The largest absolute Gasteiger partial charge is 0.505 e. The summed E-state index contributed by atoms with van der Waals surface area (Å²) >= 11 is 0. The summed E-state index contributed by atoms with van der Waals surface area (Å²) in [6.45, 7) is 0. The molecule has 0 radical (unpaired) electrons. The first-order valence-electron chi connectivity index (χ1n) is 6.47. The molecule has 3 rings (SSSR count). The molecule has 0 aliphatic heterocycles. The van der Waals surface area contributed by atoms with Crippen LogP contribution in [0.25, 0.3) is 10.9 Å². The van der Waals surface area contributed by atoms with Crippen molar-refractivity contribution in [3.05, 3.63) is 53.6 Å². The van der Waals surface area contributed by atoms with E-state index >= 15 is 0 Å². The maximum Gasteiger partial charge on any atom is 0.339 e. The summed E-state index contributed by atoms with van der Waals surface area (Å²) in [6, 6.07) is 11.6. The minimum absolute atomic E-state index is 0.0428. The number of fused-ring (bicyclic) bond motifs is 1. The monoisotopic (exact) mass is 296 g/mol. The lowest BCUT2D eigenvalue weighted by molar-refractivity contribution is 0.0694. The minimum atomic E-state index is -1.23. The van der Waals surface area contributed by atoms with Crippen LogP contribution in [0.2, 0.25) is 0 Å². The van der Waals surface area contributed by atoms with Crippen molar-refractivity contribution < 1.29 is 20.1 Å². The van der Waals surface area contributed by atoms with Crippen LogP contribution in [0.5, 0.6) is 11.6 Å². The van der Waals surface area contributed by atoms with Crippen LogP contribution in [0.1, 0.15) is 15.9 Å². The van der Waals surface area contributed by atoms with E-state index in [1.54, 1.807) is 0 Å². The predicted molar refractivity (Wildman–Crippen MR) is 82.3 cm³/mol.